The molecule has 34 heavy (non-hydrogen) atoms. The quantitative estimate of drug-likeness (QED) is 0.298. The summed E-state index contributed by atoms with van der Waals surface area (Å²) in [7, 11) is 0. The Labute approximate surface area is 172 Å². The minimum absolute atomic E-state index is 1.81. The molecule has 0 bridgehead atoms. The largest absolute Gasteiger partial charge is 0.460 e. The molecule has 0 saturated carbocycles. The van der Waals surface area contributed by atoms with Gasteiger partial charge in [0, 0.05) is 6.42 Å². The predicted octanol–water partition coefficient (Wildman–Crippen LogP) is 6.62. The molecule has 0 aliphatic rings. The van der Waals surface area contributed by atoms with Crippen LogP contribution in [0.15, 0.2) is 0 Å². The maximum Gasteiger partial charge on any atom is 0.460 e. The van der Waals surface area contributed by atoms with Crippen molar-refractivity contribution >= 4 is 0 Å². The molecule has 0 aliphatic carbocycles. The Morgan fingerprint density at radius 3 is 0.735 bits per heavy atom. The summed E-state index contributed by atoms with van der Waals surface area (Å²) in [6, 6.07) is 0. The van der Waals surface area contributed by atoms with Gasteiger partial charge in [0.05, 0.1) is 0 Å². The van der Waals surface area contributed by atoms with Gasteiger partial charge in [0.2, 0.25) is 0 Å². The zero-order valence-corrected chi connectivity index (χ0v) is 14.9. The monoisotopic (exact) mass is 563 g/mol. The minimum Gasteiger partial charge on any atom is -0.330 e. The Kier molecular flexibility index (Phi) is 7.65. The van der Waals surface area contributed by atoms with Gasteiger partial charge in [0.25, 0.3) is 0 Å². The molecule has 0 fully saturated rings. The van der Waals surface area contributed by atoms with Crippen LogP contribution in [-0.4, -0.2) is 66.0 Å². The van der Waals surface area contributed by atoms with Crippen LogP contribution in [0, 0.1) is 0 Å². The fourth-order valence-corrected chi connectivity index (χ4v) is 1.93. The van der Waals surface area contributed by atoms with Gasteiger partial charge in [0.1, 0.15) is 0 Å². The molecule has 0 heterocycles. The molecule has 0 aromatic carbocycles. The van der Waals surface area contributed by atoms with Gasteiger partial charge in [-0.2, -0.15) is 92.2 Å². The topological polar surface area (TPSA) is 26.0 Å². The van der Waals surface area contributed by atoms with E-state index >= 15 is 0 Å². The summed E-state index contributed by atoms with van der Waals surface area (Å²) < 4.78 is 272. The fourth-order valence-electron chi connectivity index (χ4n) is 1.93. The van der Waals surface area contributed by atoms with Crippen LogP contribution in [0.2, 0.25) is 0 Å². The van der Waals surface area contributed by atoms with Gasteiger partial charge >= 0.3 is 59.5 Å². The molecule has 2 N–H and O–H groups in total. The summed E-state index contributed by atoms with van der Waals surface area (Å²) in [6.45, 7) is -1.81. The lowest BCUT2D eigenvalue weighted by atomic mass is 9.86. The van der Waals surface area contributed by atoms with Crippen LogP contribution in [0.25, 0.3) is 0 Å². The first-order valence-electron chi connectivity index (χ1n) is 7.48. The van der Waals surface area contributed by atoms with E-state index in [0.29, 0.717) is 0 Å². The van der Waals surface area contributed by atoms with Crippen molar-refractivity contribution in [1.29, 1.82) is 0 Å². The number of rotatable bonds is 10. The summed E-state index contributed by atoms with van der Waals surface area (Å²) >= 11 is 0. The number of hydrogen-bond donors (Lipinski definition) is 1. The van der Waals surface area contributed by atoms with E-state index in [9.17, 15) is 92.2 Å². The van der Waals surface area contributed by atoms with Gasteiger partial charge in [-0.05, 0) is 6.54 Å². The Hall–Kier alpha value is -1.51. The van der Waals surface area contributed by atoms with Crippen LogP contribution < -0.4 is 5.73 Å². The Bertz CT molecular complexity index is 731. The summed E-state index contributed by atoms with van der Waals surface area (Å²) in [5, 5.41) is 0. The lowest BCUT2D eigenvalue weighted by molar-refractivity contribution is -0.474. The van der Waals surface area contributed by atoms with Gasteiger partial charge in [0.15, 0.2) is 0 Å². The van der Waals surface area contributed by atoms with Crippen molar-refractivity contribution < 1.29 is 92.2 Å². The molecule has 0 aliphatic heterocycles. The van der Waals surface area contributed by atoms with Crippen LogP contribution in [-0.2, 0) is 0 Å². The molecular weight excluding hydrogens is 557 g/mol. The first-order chi connectivity index (χ1) is 14.3. The summed E-state index contributed by atoms with van der Waals surface area (Å²) in [5.41, 5.74) is 4.24. The average Bonchev–Trinajstić information content (AvgIpc) is 2.59. The van der Waals surface area contributed by atoms with E-state index in [1.807, 2.05) is 0 Å². The minimum atomic E-state index is -9.15. The molecule has 0 spiro atoms. The van der Waals surface area contributed by atoms with E-state index in [4.69, 9.17) is 0 Å². The second-order valence-corrected chi connectivity index (χ2v) is 6.34. The van der Waals surface area contributed by atoms with Crippen molar-refractivity contribution in [3.05, 3.63) is 0 Å². The van der Waals surface area contributed by atoms with Crippen LogP contribution in [0.3, 0.4) is 0 Å². The number of hydrogen-bond acceptors (Lipinski definition) is 1. The normalized spacial score (nSPS) is 16.8. The molecule has 206 valence electrons. The lowest BCUT2D eigenvalue weighted by Gasteiger charge is -2.44. The number of alkyl halides is 21. The van der Waals surface area contributed by atoms with Gasteiger partial charge in [-0.25, -0.2) is 0 Å². The van der Waals surface area contributed by atoms with E-state index in [-0.39, 0.29) is 0 Å². The first-order valence-corrected chi connectivity index (χ1v) is 7.48. The first kappa shape index (κ1) is 32.5. The molecule has 1 nitrogen and oxygen atoms in total. The highest BCUT2D eigenvalue weighted by Crippen LogP contribution is 2.66. The molecular formula is C12H6F21N. The van der Waals surface area contributed by atoms with Gasteiger partial charge in [-0.1, -0.05) is 0 Å². The van der Waals surface area contributed by atoms with Crippen LogP contribution >= 0.6 is 0 Å². The molecule has 0 radical (unpaired) electrons. The second kappa shape index (κ2) is 8.00. The Morgan fingerprint density at radius 1 is 0.324 bits per heavy atom. The van der Waals surface area contributed by atoms with Crippen molar-refractivity contribution in [1.82, 2.24) is 0 Å². The lowest BCUT2D eigenvalue weighted by Crippen LogP contribution is -2.76. The maximum atomic E-state index is 13.4. The summed E-state index contributed by atoms with van der Waals surface area (Å²) in [4.78, 5) is 0. The van der Waals surface area contributed by atoms with Crippen molar-refractivity contribution in [2.24, 2.45) is 5.73 Å². The Balaban J connectivity index is 7.01. The molecule has 0 atom stereocenters. The average molecular weight is 563 g/mol. The standard InChI is InChI=1S/C12H6F21N/c13-3(14,1-2-34)4(15,16)5(17,18)6(19,20)7(21,22)8(23,24)9(25,26)10(27,28)11(29,30)12(31,32)33/h1-2,34H2. The van der Waals surface area contributed by atoms with Gasteiger partial charge in [-0.15, -0.1) is 0 Å². The van der Waals surface area contributed by atoms with Crippen molar-refractivity contribution in [3.8, 4) is 0 Å². The van der Waals surface area contributed by atoms with Crippen LogP contribution in [0.1, 0.15) is 6.42 Å². The highest BCUT2D eigenvalue weighted by atomic mass is 19.4. The van der Waals surface area contributed by atoms with E-state index in [0.717, 1.165) is 0 Å². The molecule has 0 saturated heterocycles. The van der Waals surface area contributed by atoms with Crippen LogP contribution in [0.5, 0.6) is 0 Å². The molecule has 0 amide bonds. The van der Waals surface area contributed by atoms with E-state index in [2.05, 4.69) is 5.73 Å². The molecule has 0 rings (SSSR count). The van der Waals surface area contributed by atoms with E-state index in [1.54, 1.807) is 0 Å². The SMILES string of the molecule is NCCC(F)(F)C(F)(F)C(F)(F)C(F)(F)C(F)(F)C(F)(F)C(F)(F)C(F)(F)C(F)(F)C(F)(F)F. The molecule has 22 heteroatoms. The van der Waals surface area contributed by atoms with Crippen molar-refractivity contribution in [2.45, 2.75) is 65.9 Å². The van der Waals surface area contributed by atoms with Gasteiger partial charge < -0.3 is 5.73 Å². The maximum absolute atomic E-state index is 13.4. The smallest absolute Gasteiger partial charge is 0.330 e. The molecule has 0 unspecified atom stereocenters. The Morgan fingerprint density at radius 2 is 0.529 bits per heavy atom. The highest BCUT2D eigenvalue weighted by Gasteiger charge is 2.97. The third-order valence-corrected chi connectivity index (χ3v) is 4.03. The van der Waals surface area contributed by atoms with Crippen LogP contribution in [0.4, 0.5) is 92.2 Å². The zero-order valence-electron chi connectivity index (χ0n) is 14.9. The van der Waals surface area contributed by atoms with Crippen molar-refractivity contribution in [2.75, 3.05) is 6.54 Å². The third-order valence-electron chi connectivity index (χ3n) is 4.03. The summed E-state index contributed by atoms with van der Waals surface area (Å²) in [6.07, 6.45) is -10.8. The summed E-state index contributed by atoms with van der Waals surface area (Å²) in [5.74, 6) is -76.6. The zero-order chi connectivity index (χ0) is 28.4. The number of nitrogens with two attached hydrogens (primary N) is 1. The predicted molar refractivity (Wildman–Crippen MR) is 64.2 cm³/mol. The number of halogens is 21. The third kappa shape index (κ3) is 3.80. The van der Waals surface area contributed by atoms with Gasteiger partial charge in [-0.3, -0.25) is 0 Å². The molecule has 0 aromatic rings. The highest BCUT2D eigenvalue weighted by molar-refractivity contribution is 5.17. The van der Waals surface area contributed by atoms with E-state index < -0.39 is 72.4 Å². The van der Waals surface area contributed by atoms with E-state index in [1.165, 1.54) is 0 Å². The molecule has 0 aromatic heterocycles. The second-order valence-electron chi connectivity index (χ2n) is 6.34. The van der Waals surface area contributed by atoms with Crippen molar-refractivity contribution in [3.63, 3.8) is 0 Å². The fraction of sp³-hybridized carbons (Fsp3) is 1.00.